The lowest BCUT2D eigenvalue weighted by molar-refractivity contribution is -0.136. The van der Waals surface area contributed by atoms with Crippen LogP contribution in [0.25, 0.3) is 0 Å². The summed E-state index contributed by atoms with van der Waals surface area (Å²) < 4.78 is 42.9. The van der Waals surface area contributed by atoms with Gasteiger partial charge in [0, 0.05) is 23.9 Å². The fraction of sp³-hybridized carbons (Fsp3) is 0.231. The normalized spacial score (nSPS) is 22.4. The molecule has 5 rings (SSSR count). The number of hydrogen-bond donors (Lipinski definition) is 2. The molecule has 0 saturated carbocycles. The average molecular weight is 489 g/mol. The highest BCUT2D eigenvalue weighted by molar-refractivity contribution is 6.03. The van der Waals surface area contributed by atoms with Crippen molar-refractivity contribution in [2.24, 2.45) is 10.7 Å². The van der Waals surface area contributed by atoms with E-state index < -0.39 is 30.1 Å². The van der Waals surface area contributed by atoms with Crippen LogP contribution in [0, 0.1) is 11.3 Å². The van der Waals surface area contributed by atoms with Gasteiger partial charge in [0.15, 0.2) is 5.54 Å². The molecule has 182 valence electrons. The van der Waals surface area contributed by atoms with E-state index in [0.29, 0.717) is 5.56 Å². The van der Waals surface area contributed by atoms with Crippen LogP contribution in [0.1, 0.15) is 39.7 Å². The van der Waals surface area contributed by atoms with Gasteiger partial charge in [-0.3, -0.25) is 9.79 Å². The molecule has 0 radical (unpaired) electrons. The molecule has 10 heteroatoms. The number of halogens is 2. The summed E-state index contributed by atoms with van der Waals surface area (Å²) in [7, 11) is 0. The molecule has 0 bridgehead atoms. The molecule has 36 heavy (non-hydrogen) atoms. The van der Waals surface area contributed by atoms with Gasteiger partial charge in [-0.05, 0) is 35.9 Å². The molecule has 0 aliphatic carbocycles. The number of alkyl halides is 2. The zero-order valence-electron chi connectivity index (χ0n) is 18.9. The third-order valence-electron chi connectivity index (χ3n) is 6.20. The van der Waals surface area contributed by atoms with E-state index in [1.54, 1.807) is 18.2 Å². The van der Waals surface area contributed by atoms with Crippen LogP contribution in [0.3, 0.4) is 0 Å². The number of nitriles is 1. The minimum atomic E-state index is -3.42. The molecule has 3 heterocycles. The Bertz CT molecular complexity index is 1370. The molecule has 2 aliphatic rings. The topological polar surface area (TPSA) is 123 Å². The summed E-state index contributed by atoms with van der Waals surface area (Å²) in [4.78, 5) is 21.0. The minimum Gasteiger partial charge on any atom is -0.485 e. The van der Waals surface area contributed by atoms with Crippen molar-refractivity contribution >= 4 is 17.4 Å². The summed E-state index contributed by atoms with van der Waals surface area (Å²) in [6.45, 7) is -1.09. The third-order valence-corrected chi connectivity index (χ3v) is 6.20. The number of fused-ring (bicyclic) bond motifs is 2. The second kappa shape index (κ2) is 9.02. The third kappa shape index (κ3) is 4.14. The van der Waals surface area contributed by atoms with E-state index in [4.69, 9.17) is 20.5 Å². The Hall–Kier alpha value is -4.36. The summed E-state index contributed by atoms with van der Waals surface area (Å²) in [5.41, 5.74) is 5.34. The SMILES string of the molecule is N#Cc1ccc(C(=O)Nc2ccc3c(c2)C2(CC(c4ccccc4)O3)N=C(N)COCC2(F)F)nc1. The molecule has 2 atom stereocenters. The molecule has 3 aromatic rings. The first-order chi connectivity index (χ1) is 17.3. The van der Waals surface area contributed by atoms with Crippen molar-refractivity contribution in [2.45, 2.75) is 24.0 Å². The molecule has 0 saturated heterocycles. The number of amidine groups is 1. The van der Waals surface area contributed by atoms with Crippen LogP contribution >= 0.6 is 0 Å². The molecule has 2 aliphatic heterocycles. The number of amides is 1. The van der Waals surface area contributed by atoms with Crippen molar-refractivity contribution in [3.05, 3.63) is 89.2 Å². The van der Waals surface area contributed by atoms with Gasteiger partial charge in [-0.2, -0.15) is 5.26 Å². The van der Waals surface area contributed by atoms with Crippen LogP contribution in [-0.2, 0) is 10.3 Å². The summed E-state index contributed by atoms with van der Waals surface area (Å²) >= 11 is 0. The summed E-state index contributed by atoms with van der Waals surface area (Å²) in [6, 6.07) is 18.4. The Kier molecular flexibility index (Phi) is 5.86. The van der Waals surface area contributed by atoms with Crippen LogP contribution in [0.15, 0.2) is 71.9 Å². The largest absolute Gasteiger partial charge is 0.485 e. The number of hydrogen-bond acceptors (Lipinski definition) is 7. The monoisotopic (exact) mass is 489 g/mol. The number of aromatic nitrogens is 1. The molecule has 8 nitrogen and oxygen atoms in total. The number of ether oxygens (including phenoxy) is 2. The maximum Gasteiger partial charge on any atom is 0.299 e. The minimum absolute atomic E-state index is 0.0527. The number of carbonyl (C=O) groups excluding carboxylic acids is 1. The maximum atomic E-state index is 15.8. The lowest BCUT2D eigenvalue weighted by Crippen LogP contribution is -2.50. The van der Waals surface area contributed by atoms with E-state index in [2.05, 4.69) is 15.3 Å². The number of nitrogens with zero attached hydrogens (tertiary/aromatic N) is 3. The second-order valence-electron chi connectivity index (χ2n) is 8.59. The van der Waals surface area contributed by atoms with Crippen molar-refractivity contribution in [3.63, 3.8) is 0 Å². The summed E-state index contributed by atoms with van der Waals surface area (Å²) in [5, 5.41) is 11.6. The Morgan fingerprint density at radius 3 is 2.69 bits per heavy atom. The molecule has 3 N–H and O–H groups in total. The van der Waals surface area contributed by atoms with Gasteiger partial charge in [0.05, 0.1) is 5.56 Å². The molecular weight excluding hydrogens is 468 g/mol. The van der Waals surface area contributed by atoms with Crippen molar-refractivity contribution < 1.29 is 23.0 Å². The number of anilines is 1. The molecular formula is C26H21F2N5O3. The zero-order valence-corrected chi connectivity index (χ0v) is 18.9. The van der Waals surface area contributed by atoms with Gasteiger partial charge in [0.1, 0.15) is 42.7 Å². The number of carbonyl (C=O) groups is 1. The first-order valence-corrected chi connectivity index (χ1v) is 11.1. The van der Waals surface area contributed by atoms with E-state index in [1.807, 2.05) is 24.3 Å². The number of benzene rings is 2. The fourth-order valence-electron chi connectivity index (χ4n) is 4.46. The van der Waals surface area contributed by atoms with Crippen molar-refractivity contribution in [3.8, 4) is 11.8 Å². The van der Waals surface area contributed by atoms with Gasteiger partial charge in [0.2, 0.25) is 0 Å². The summed E-state index contributed by atoms with van der Waals surface area (Å²) in [6.07, 6.45) is 0.385. The van der Waals surface area contributed by atoms with Crippen molar-refractivity contribution in [1.29, 1.82) is 5.26 Å². The number of aliphatic imine (C=N–C) groups is 1. The smallest absolute Gasteiger partial charge is 0.299 e. The quantitative estimate of drug-likeness (QED) is 0.575. The van der Waals surface area contributed by atoms with E-state index >= 15 is 8.78 Å². The van der Waals surface area contributed by atoms with Crippen LogP contribution in [-0.4, -0.2) is 35.9 Å². The van der Waals surface area contributed by atoms with Crippen molar-refractivity contribution in [1.82, 2.24) is 4.98 Å². The van der Waals surface area contributed by atoms with Gasteiger partial charge >= 0.3 is 0 Å². The molecule has 1 aromatic heterocycles. The van der Waals surface area contributed by atoms with Gasteiger partial charge in [-0.25, -0.2) is 13.8 Å². The molecule has 0 fully saturated rings. The standard InChI is InChI=1S/C26H21F2N5O3/c27-26(28)15-35-14-23(30)33-25(26)11-22(17-4-2-1-3-5-17)36-21-9-7-18(10-19(21)25)32-24(34)20-8-6-16(12-29)13-31-20/h1-10,13,22H,11,14-15H2,(H2,30,33)(H,32,34). The zero-order chi connectivity index (χ0) is 25.3. The first-order valence-electron chi connectivity index (χ1n) is 11.1. The Balaban J connectivity index is 1.57. The molecule has 2 unspecified atom stereocenters. The van der Waals surface area contributed by atoms with Crippen LogP contribution in [0.2, 0.25) is 0 Å². The van der Waals surface area contributed by atoms with Gasteiger partial charge < -0.3 is 20.5 Å². The van der Waals surface area contributed by atoms with Gasteiger partial charge in [-0.1, -0.05) is 30.3 Å². The van der Waals surface area contributed by atoms with E-state index in [1.165, 1.54) is 30.5 Å². The number of pyridine rings is 1. The van der Waals surface area contributed by atoms with E-state index in [0.717, 1.165) is 5.56 Å². The highest BCUT2D eigenvalue weighted by Crippen LogP contribution is 2.55. The Labute approximate surface area is 205 Å². The predicted molar refractivity (Wildman–Crippen MR) is 127 cm³/mol. The predicted octanol–water partition coefficient (Wildman–Crippen LogP) is 3.95. The van der Waals surface area contributed by atoms with Gasteiger partial charge in [-0.15, -0.1) is 0 Å². The van der Waals surface area contributed by atoms with Gasteiger partial charge in [0.25, 0.3) is 11.8 Å². The molecule has 1 spiro atoms. The lowest BCUT2D eigenvalue weighted by atomic mass is 9.76. The summed E-state index contributed by atoms with van der Waals surface area (Å²) in [5.74, 6) is -3.83. The number of nitrogens with one attached hydrogen (secondary N) is 1. The van der Waals surface area contributed by atoms with Crippen molar-refractivity contribution in [2.75, 3.05) is 18.5 Å². The lowest BCUT2D eigenvalue weighted by Gasteiger charge is -2.43. The molecule has 1 amide bonds. The average Bonchev–Trinajstić information content (AvgIpc) is 2.99. The Morgan fingerprint density at radius 1 is 1.17 bits per heavy atom. The number of nitrogens with two attached hydrogens (primary N) is 1. The van der Waals surface area contributed by atoms with Crippen LogP contribution < -0.4 is 15.8 Å². The molecule has 2 aromatic carbocycles. The number of rotatable bonds is 3. The highest BCUT2D eigenvalue weighted by atomic mass is 19.3. The van der Waals surface area contributed by atoms with Crippen LogP contribution in [0.4, 0.5) is 14.5 Å². The highest BCUT2D eigenvalue weighted by Gasteiger charge is 2.60. The fourth-order valence-corrected chi connectivity index (χ4v) is 4.46. The van der Waals surface area contributed by atoms with E-state index in [-0.39, 0.29) is 41.6 Å². The second-order valence-corrected chi connectivity index (χ2v) is 8.59. The van der Waals surface area contributed by atoms with E-state index in [9.17, 15) is 4.79 Å². The maximum absolute atomic E-state index is 15.8. The van der Waals surface area contributed by atoms with Crippen LogP contribution in [0.5, 0.6) is 5.75 Å². The Morgan fingerprint density at radius 2 is 1.97 bits per heavy atom. The first kappa shape index (κ1) is 23.4.